The number of anilines is 1. The Bertz CT molecular complexity index is 174. The third-order valence-corrected chi connectivity index (χ3v) is 1.11. The fourth-order valence-corrected chi connectivity index (χ4v) is 0.618. The fraction of sp³-hybridized carbons (Fsp3) is 0.286. The second kappa shape index (κ2) is 3.93. The quantitative estimate of drug-likeness (QED) is 0.503. The topological polar surface area (TPSA) is 16.1 Å². The first kappa shape index (κ1) is 9.01. The van der Waals surface area contributed by atoms with E-state index in [9.17, 15) is 0 Å². The van der Waals surface area contributed by atoms with Gasteiger partial charge in [-0.05, 0) is 12.1 Å². The van der Waals surface area contributed by atoms with Gasteiger partial charge in [-0.1, -0.05) is 6.07 Å². The first-order chi connectivity index (χ1) is 4.30. The van der Waals surface area contributed by atoms with Crippen LogP contribution in [0.4, 0.5) is 5.82 Å². The first-order valence-electron chi connectivity index (χ1n) is 2.89. The minimum absolute atomic E-state index is 0. The van der Waals surface area contributed by atoms with E-state index in [2.05, 4.69) is 4.98 Å². The molecule has 54 valence electrons. The number of hydrogen-bond acceptors (Lipinski definition) is 2. The first-order valence-corrected chi connectivity index (χ1v) is 2.89. The molecule has 0 bridgehead atoms. The summed E-state index contributed by atoms with van der Waals surface area (Å²) < 4.78 is 0. The number of hydrogen-bond donors (Lipinski definition) is 0. The lowest BCUT2D eigenvalue weighted by atomic mass is 10.4. The average Bonchev–Trinajstić information content (AvgIpc) is 1.90. The highest BCUT2D eigenvalue weighted by Gasteiger charge is 1.89. The molecule has 0 atom stereocenters. The van der Waals surface area contributed by atoms with Crippen LogP contribution in [0.2, 0.25) is 0 Å². The van der Waals surface area contributed by atoms with E-state index < -0.39 is 0 Å². The molecular weight excluding hydrogens is 123 g/mol. The monoisotopic (exact) mass is 136 g/mol. The molecule has 1 aromatic heterocycles. The van der Waals surface area contributed by atoms with Crippen molar-refractivity contribution in [1.82, 2.24) is 4.98 Å². The van der Waals surface area contributed by atoms with E-state index in [1.165, 1.54) is 0 Å². The Kier molecular flexibility index (Phi) is 3.54. The maximum Gasteiger partial charge on any atom is 0.127 e. The van der Waals surface area contributed by atoms with Gasteiger partial charge in [0.15, 0.2) is 0 Å². The van der Waals surface area contributed by atoms with Crippen LogP contribution in [0.1, 0.15) is 0 Å². The average molecular weight is 136 g/mol. The molecule has 0 spiro atoms. The van der Waals surface area contributed by atoms with Gasteiger partial charge < -0.3 is 4.90 Å². The van der Waals surface area contributed by atoms with Gasteiger partial charge in [-0.15, -0.1) is 0 Å². The van der Waals surface area contributed by atoms with E-state index in [4.69, 9.17) is 0 Å². The van der Waals surface area contributed by atoms with Crippen molar-refractivity contribution in [3.8, 4) is 0 Å². The third kappa shape index (κ3) is 2.09. The highest BCUT2D eigenvalue weighted by molar-refractivity contribution is 5.75. The lowest BCUT2D eigenvalue weighted by Crippen LogP contribution is -2.09. The second-order valence-corrected chi connectivity index (χ2v) is 2.08. The van der Waals surface area contributed by atoms with Crippen LogP contribution in [-0.4, -0.2) is 27.5 Å². The van der Waals surface area contributed by atoms with Gasteiger partial charge in [0.1, 0.15) is 5.82 Å². The van der Waals surface area contributed by atoms with Crippen LogP contribution in [0.15, 0.2) is 24.4 Å². The van der Waals surface area contributed by atoms with Crippen LogP contribution in [-0.2, 0) is 0 Å². The molecule has 1 aromatic rings. The Hall–Kier alpha value is -0.985. The van der Waals surface area contributed by atoms with Gasteiger partial charge in [-0.25, -0.2) is 4.98 Å². The standard InChI is InChI=1S/C7H10N2.BH3/c1-9(2)7-5-3-4-6-8-7;/h3-6H,1-2H3;1H3. The Morgan fingerprint density at radius 2 is 2.00 bits per heavy atom. The zero-order valence-electron chi connectivity index (χ0n) is 5.70. The van der Waals surface area contributed by atoms with E-state index >= 15 is 0 Å². The molecule has 2 nitrogen and oxygen atoms in total. The van der Waals surface area contributed by atoms with Crippen molar-refractivity contribution in [3.05, 3.63) is 24.4 Å². The molecule has 0 N–H and O–H groups in total. The smallest absolute Gasteiger partial charge is 0.127 e. The molecule has 0 unspecified atom stereocenters. The molecule has 0 radical (unpaired) electrons. The van der Waals surface area contributed by atoms with Crippen molar-refractivity contribution in [2.75, 3.05) is 19.0 Å². The van der Waals surface area contributed by atoms with Gasteiger partial charge in [0.05, 0.1) is 8.41 Å². The van der Waals surface area contributed by atoms with Gasteiger partial charge >= 0.3 is 0 Å². The molecule has 0 aliphatic rings. The summed E-state index contributed by atoms with van der Waals surface area (Å²) in [6.45, 7) is 0. The van der Waals surface area contributed by atoms with Crippen molar-refractivity contribution in [2.45, 2.75) is 0 Å². The van der Waals surface area contributed by atoms with Gasteiger partial charge in [0.25, 0.3) is 0 Å². The zero-order chi connectivity index (χ0) is 6.69. The van der Waals surface area contributed by atoms with Crippen LogP contribution < -0.4 is 4.90 Å². The summed E-state index contributed by atoms with van der Waals surface area (Å²) in [6, 6.07) is 5.86. The number of nitrogens with zero attached hydrogens (tertiary/aromatic N) is 2. The summed E-state index contributed by atoms with van der Waals surface area (Å²) in [5.41, 5.74) is 0. The van der Waals surface area contributed by atoms with Crippen molar-refractivity contribution in [2.24, 2.45) is 0 Å². The molecule has 1 rings (SSSR count). The normalized spacial score (nSPS) is 8.20. The molecular formula is C7H13BN2. The molecule has 10 heavy (non-hydrogen) atoms. The van der Waals surface area contributed by atoms with Gasteiger partial charge in [0, 0.05) is 20.3 Å². The van der Waals surface area contributed by atoms with E-state index in [-0.39, 0.29) is 8.41 Å². The van der Waals surface area contributed by atoms with Gasteiger partial charge in [0.2, 0.25) is 0 Å². The lowest BCUT2D eigenvalue weighted by Gasteiger charge is -2.08. The molecule has 0 amide bonds. The Morgan fingerprint density at radius 3 is 2.30 bits per heavy atom. The van der Waals surface area contributed by atoms with E-state index in [1.807, 2.05) is 37.2 Å². The van der Waals surface area contributed by atoms with Crippen LogP contribution in [0, 0.1) is 0 Å². The molecule has 0 aliphatic carbocycles. The predicted molar refractivity (Wildman–Crippen MR) is 48.5 cm³/mol. The fourth-order valence-electron chi connectivity index (χ4n) is 0.618. The predicted octanol–water partition coefficient (Wildman–Crippen LogP) is -0.0363. The molecule has 0 aliphatic heterocycles. The van der Waals surface area contributed by atoms with Crippen LogP contribution >= 0.6 is 0 Å². The van der Waals surface area contributed by atoms with E-state index in [0.717, 1.165) is 5.82 Å². The highest BCUT2D eigenvalue weighted by Crippen LogP contribution is 2.02. The lowest BCUT2D eigenvalue weighted by molar-refractivity contribution is 1.07. The number of aromatic nitrogens is 1. The summed E-state index contributed by atoms with van der Waals surface area (Å²) in [5.74, 6) is 0.998. The van der Waals surface area contributed by atoms with Gasteiger partial charge in [-0.3, -0.25) is 0 Å². The Balaban J connectivity index is 0.000000810. The number of pyridine rings is 1. The van der Waals surface area contributed by atoms with Crippen LogP contribution in [0.5, 0.6) is 0 Å². The van der Waals surface area contributed by atoms with Crippen LogP contribution in [0.25, 0.3) is 0 Å². The molecule has 3 heteroatoms. The van der Waals surface area contributed by atoms with Crippen molar-refractivity contribution in [3.63, 3.8) is 0 Å². The maximum atomic E-state index is 4.10. The minimum atomic E-state index is 0. The van der Waals surface area contributed by atoms with Crippen LogP contribution in [0.3, 0.4) is 0 Å². The minimum Gasteiger partial charge on any atom is -0.363 e. The molecule has 0 saturated heterocycles. The van der Waals surface area contributed by atoms with Gasteiger partial charge in [-0.2, -0.15) is 0 Å². The van der Waals surface area contributed by atoms with E-state index in [0.29, 0.717) is 0 Å². The van der Waals surface area contributed by atoms with Crippen molar-refractivity contribution < 1.29 is 0 Å². The summed E-state index contributed by atoms with van der Waals surface area (Å²) in [5, 5.41) is 0. The Labute approximate surface area is 63.5 Å². The zero-order valence-corrected chi connectivity index (χ0v) is 5.70. The summed E-state index contributed by atoms with van der Waals surface area (Å²) >= 11 is 0. The number of rotatable bonds is 1. The summed E-state index contributed by atoms with van der Waals surface area (Å²) in [4.78, 5) is 6.08. The molecule has 1 heterocycles. The largest absolute Gasteiger partial charge is 0.363 e. The molecule has 0 aromatic carbocycles. The highest BCUT2D eigenvalue weighted by atomic mass is 15.1. The molecule has 0 fully saturated rings. The maximum absolute atomic E-state index is 4.10. The van der Waals surface area contributed by atoms with Crippen molar-refractivity contribution >= 4 is 14.2 Å². The van der Waals surface area contributed by atoms with E-state index in [1.54, 1.807) is 6.20 Å². The summed E-state index contributed by atoms with van der Waals surface area (Å²) in [6.07, 6.45) is 1.79. The third-order valence-electron chi connectivity index (χ3n) is 1.11. The van der Waals surface area contributed by atoms with Crippen molar-refractivity contribution in [1.29, 1.82) is 0 Å². The SMILES string of the molecule is B.CN(C)c1ccccn1. The summed E-state index contributed by atoms with van der Waals surface area (Å²) in [7, 11) is 3.95. The molecule has 0 saturated carbocycles. The Morgan fingerprint density at radius 1 is 1.30 bits per heavy atom. The second-order valence-electron chi connectivity index (χ2n) is 2.08.